The number of hydrogen-bond acceptors (Lipinski definition) is 4. The van der Waals surface area contributed by atoms with Gasteiger partial charge in [0.25, 0.3) is 0 Å². The molecule has 2 aromatic carbocycles. The fraction of sp³-hybridized carbons (Fsp3) is 0.350. The van der Waals surface area contributed by atoms with Crippen LogP contribution in [-0.2, 0) is 11.3 Å². The van der Waals surface area contributed by atoms with Gasteiger partial charge in [-0.2, -0.15) is 0 Å². The molecule has 0 aromatic heterocycles. The average molecular weight is 435 g/mol. The quantitative estimate of drug-likeness (QED) is 0.728. The Morgan fingerprint density at radius 3 is 2.92 bits per heavy atom. The summed E-state index contributed by atoms with van der Waals surface area (Å²) < 4.78 is 6.34. The van der Waals surface area contributed by atoms with Crippen molar-refractivity contribution in [1.82, 2.24) is 5.32 Å². The Balaban J connectivity index is 1.66. The monoisotopic (exact) mass is 434 g/mol. The van der Waals surface area contributed by atoms with Gasteiger partial charge < -0.3 is 15.0 Å². The van der Waals surface area contributed by atoms with Crippen molar-refractivity contribution in [2.24, 2.45) is 0 Å². The molecule has 0 aliphatic carbocycles. The highest BCUT2D eigenvalue weighted by atomic mass is 79.9. The molecule has 1 amide bonds. The maximum Gasteiger partial charge on any atom is 0.239 e. The molecule has 0 saturated carbocycles. The Kier molecular flexibility index (Phi) is 6.48. The number of benzene rings is 2. The third-order valence-corrected chi connectivity index (χ3v) is 6.34. The summed E-state index contributed by atoms with van der Waals surface area (Å²) in [5.41, 5.74) is 2.11. The van der Waals surface area contributed by atoms with E-state index < -0.39 is 0 Å². The smallest absolute Gasteiger partial charge is 0.239 e. The van der Waals surface area contributed by atoms with Crippen molar-refractivity contribution in [2.75, 3.05) is 25.1 Å². The summed E-state index contributed by atoms with van der Waals surface area (Å²) in [5.74, 6) is 0.794. The molecule has 1 atom stereocenters. The van der Waals surface area contributed by atoms with E-state index in [1.54, 1.807) is 7.11 Å². The van der Waals surface area contributed by atoms with Gasteiger partial charge in [-0.15, -0.1) is 11.8 Å². The second kappa shape index (κ2) is 8.82. The summed E-state index contributed by atoms with van der Waals surface area (Å²) in [6.07, 6.45) is 1.09. The zero-order valence-corrected chi connectivity index (χ0v) is 17.4. The summed E-state index contributed by atoms with van der Waals surface area (Å²) in [6, 6.07) is 14.1. The van der Waals surface area contributed by atoms with Gasteiger partial charge in [-0.3, -0.25) is 4.79 Å². The largest absolute Gasteiger partial charge is 0.496 e. The Bertz CT molecular complexity index is 784. The van der Waals surface area contributed by atoms with Crippen molar-refractivity contribution in [2.45, 2.75) is 30.0 Å². The molecule has 2 aromatic rings. The molecule has 0 saturated heterocycles. The van der Waals surface area contributed by atoms with Crippen LogP contribution >= 0.6 is 27.7 Å². The van der Waals surface area contributed by atoms with Crippen LogP contribution in [0.1, 0.15) is 18.9 Å². The van der Waals surface area contributed by atoms with Crippen LogP contribution in [0, 0.1) is 0 Å². The van der Waals surface area contributed by atoms with Gasteiger partial charge >= 0.3 is 0 Å². The van der Waals surface area contributed by atoms with Crippen molar-refractivity contribution in [1.29, 1.82) is 0 Å². The number of amides is 1. The summed E-state index contributed by atoms with van der Waals surface area (Å²) in [5, 5.41) is 3.54. The molecule has 26 heavy (non-hydrogen) atoms. The molecular formula is C20H23BrN2O2S. The first-order chi connectivity index (χ1) is 12.6. The number of nitrogens with zero attached hydrogens (tertiary/aromatic N) is 1. The lowest BCUT2D eigenvalue weighted by Gasteiger charge is -2.34. The summed E-state index contributed by atoms with van der Waals surface area (Å²) in [6.45, 7) is 3.91. The number of rotatable bonds is 6. The fourth-order valence-electron chi connectivity index (χ4n) is 3.05. The first kappa shape index (κ1) is 19.1. The normalized spacial score (nSPS) is 16.1. The molecule has 0 bridgehead atoms. The summed E-state index contributed by atoms with van der Waals surface area (Å²) in [4.78, 5) is 16.0. The predicted octanol–water partition coefficient (Wildman–Crippen LogP) is 4.46. The van der Waals surface area contributed by atoms with Gasteiger partial charge in [-0.1, -0.05) is 35.0 Å². The number of ether oxygens (including phenoxy) is 1. The van der Waals surface area contributed by atoms with E-state index in [-0.39, 0.29) is 5.91 Å². The van der Waals surface area contributed by atoms with Crippen LogP contribution in [0.3, 0.4) is 0 Å². The minimum Gasteiger partial charge on any atom is -0.496 e. The standard InChI is InChI=1S/C20H23BrN2O2S/c1-3-16-12-23(17-6-4-5-7-19(17)26-16)13-20(24)22-11-14-10-15(21)8-9-18(14)25-2/h4-10,16H,3,11-13H2,1-2H3,(H,22,24)/t16-/m0/s1. The lowest BCUT2D eigenvalue weighted by molar-refractivity contribution is -0.119. The van der Waals surface area contributed by atoms with Crippen molar-refractivity contribution in [3.63, 3.8) is 0 Å². The molecule has 0 spiro atoms. The van der Waals surface area contributed by atoms with Gasteiger partial charge in [0.15, 0.2) is 0 Å². The minimum atomic E-state index is 0.0172. The van der Waals surface area contributed by atoms with E-state index in [0.29, 0.717) is 18.3 Å². The van der Waals surface area contributed by atoms with Crippen LogP contribution in [0.5, 0.6) is 5.75 Å². The first-order valence-electron chi connectivity index (χ1n) is 8.70. The van der Waals surface area contributed by atoms with Gasteiger partial charge in [0.2, 0.25) is 5.91 Å². The number of thioether (sulfide) groups is 1. The number of hydrogen-bond donors (Lipinski definition) is 1. The molecule has 1 N–H and O–H groups in total. The second-order valence-electron chi connectivity index (χ2n) is 6.23. The van der Waals surface area contributed by atoms with Crippen LogP contribution in [-0.4, -0.2) is 31.4 Å². The molecule has 1 aliphatic rings. The van der Waals surface area contributed by atoms with Crippen LogP contribution in [0.25, 0.3) is 0 Å². The number of carbonyl (C=O) groups is 1. The molecule has 3 rings (SSSR count). The molecule has 6 heteroatoms. The van der Waals surface area contributed by atoms with E-state index in [9.17, 15) is 4.79 Å². The van der Waals surface area contributed by atoms with Crippen LogP contribution in [0.2, 0.25) is 0 Å². The van der Waals surface area contributed by atoms with E-state index in [1.807, 2.05) is 36.0 Å². The van der Waals surface area contributed by atoms with E-state index in [0.717, 1.165) is 34.4 Å². The van der Waals surface area contributed by atoms with Crippen LogP contribution in [0.4, 0.5) is 5.69 Å². The topological polar surface area (TPSA) is 41.6 Å². The van der Waals surface area contributed by atoms with Crippen molar-refractivity contribution in [3.05, 3.63) is 52.5 Å². The highest BCUT2D eigenvalue weighted by Crippen LogP contribution is 2.39. The van der Waals surface area contributed by atoms with Crippen LogP contribution < -0.4 is 15.0 Å². The molecule has 4 nitrogen and oxygen atoms in total. The second-order valence-corrected chi connectivity index (χ2v) is 8.49. The summed E-state index contributed by atoms with van der Waals surface area (Å²) in [7, 11) is 1.64. The maximum absolute atomic E-state index is 12.6. The lowest BCUT2D eigenvalue weighted by atomic mass is 10.2. The zero-order chi connectivity index (χ0) is 18.5. The molecule has 138 valence electrons. The maximum atomic E-state index is 12.6. The van der Waals surface area contributed by atoms with Gasteiger partial charge in [0.1, 0.15) is 5.75 Å². The molecule has 1 aliphatic heterocycles. The van der Waals surface area contributed by atoms with Gasteiger partial charge in [-0.25, -0.2) is 0 Å². The first-order valence-corrected chi connectivity index (χ1v) is 10.4. The SMILES string of the molecule is CC[C@H]1CN(CC(=O)NCc2cc(Br)ccc2OC)c2ccccc2S1. The highest BCUT2D eigenvalue weighted by Gasteiger charge is 2.25. The Labute approximate surface area is 167 Å². The van der Waals surface area contributed by atoms with E-state index in [4.69, 9.17) is 4.74 Å². The third-order valence-electron chi connectivity index (χ3n) is 4.43. The highest BCUT2D eigenvalue weighted by molar-refractivity contribution is 9.10. The number of anilines is 1. The average Bonchev–Trinajstić information content (AvgIpc) is 2.66. The van der Waals surface area contributed by atoms with Crippen molar-refractivity contribution in [3.8, 4) is 5.75 Å². The number of halogens is 1. The number of para-hydroxylation sites is 1. The lowest BCUT2D eigenvalue weighted by Crippen LogP contribution is -2.42. The van der Waals surface area contributed by atoms with Crippen molar-refractivity contribution < 1.29 is 9.53 Å². The third kappa shape index (κ3) is 4.54. The van der Waals surface area contributed by atoms with Crippen LogP contribution in [0.15, 0.2) is 51.8 Å². The Morgan fingerprint density at radius 2 is 2.15 bits per heavy atom. The van der Waals surface area contributed by atoms with Gasteiger partial charge in [0, 0.05) is 33.3 Å². The molecular weight excluding hydrogens is 412 g/mol. The number of methoxy groups -OCH3 is 1. The fourth-order valence-corrected chi connectivity index (χ4v) is 4.71. The number of carbonyl (C=O) groups excluding carboxylic acids is 1. The van der Waals surface area contributed by atoms with E-state index in [1.165, 1.54) is 4.90 Å². The Hall–Kier alpha value is -1.66. The van der Waals surface area contributed by atoms with Crippen molar-refractivity contribution >= 4 is 39.3 Å². The molecule has 0 fully saturated rings. The number of fused-ring (bicyclic) bond motifs is 1. The molecule has 0 unspecified atom stereocenters. The van der Waals surface area contributed by atoms with Gasteiger partial charge in [-0.05, 0) is 36.8 Å². The minimum absolute atomic E-state index is 0.0172. The van der Waals surface area contributed by atoms with E-state index >= 15 is 0 Å². The predicted molar refractivity (Wildman–Crippen MR) is 111 cm³/mol. The summed E-state index contributed by atoms with van der Waals surface area (Å²) >= 11 is 5.38. The zero-order valence-electron chi connectivity index (χ0n) is 15.0. The van der Waals surface area contributed by atoms with Gasteiger partial charge in [0.05, 0.1) is 19.3 Å². The molecule has 1 heterocycles. The number of nitrogens with one attached hydrogen (secondary N) is 1. The Morgan fingerprint density at radius 1 is 1.35 bits per heavy atom. The van der Waals surface area contributed by atoms with E-state index in [2.05, 4.69) is 51.3 Å². The molecule has 0 radical (unpaired) electrons.